The highest BCUT2D eigenvalue weighted by atomic mass is 35.5. The maximum Gasteiger partial charge on any atom is 0.255 e. The van der Waals surface area contributed by atoms with Gasteiger partial charge in [-0.1, -0.05) is 41.9 Å². The second kappa shape index (κ2) is 12.2. The molecular weight excluding hydrogens is 510 g/mol. The van der Waals surface area contributed by atoms with Gasteiger partial charge in [-0.3, -0.25) is 9.59 Å². The summed E-state index contributed by atoms with van der Waals surface area (Å²) in [7, 11) is 0. The van der Waals surface area contributed by atoms with Crippen molar-refractivity contribution in [3.8, 4) is 11.1 Å². The standard InChI is InChI=1S/C32H30ClN3O3/c1-22-18-26(32(38)35-28-9-11-29(12-10-28)36-14-16-39-17-15-36)8-13-30(22)24-5-3-6-25(20-24)31(37)34-21-23-4-2-7-27(33)19-23/h2-13,18-20H,14-17,21H2,1H3,(H,34,37)(H,35,38). The lowest BCUT2D eigenvalue weighted by Gasteiger charge is -2.28. The van der Waals surface area contributed by atoms with E-state index in [0.717, 1.165) is 59.9 Å². The van der Waals surface area contributed by atoms with Crippen LogP contribution in [-0.2, 0) is 11.3 Å². The SMILES string of the molecule is Cc1cc(C(=O)Nc2ccc(N3CCOCC3)cc2)ccc1-c1cccc(C(=O)NCc2cccc(Cl)c2)c1. The molecule has 6 nitrogen and oxygen atoms in total. The fourth-order valence-corrected chi connectivity index (χ4v) is 4.88. The molecule has 1 saturated heterocycles. The fourth-order valence-electron chi connectivity index (χ4n) is 4.67. The van der Waals surface area contributed by atoms with Gasteiger partial charge in [0.1, 0.15) is 0 Å². The van der Waals surface area contributed by atoms with Crippen molar-refractivity contribution in [2.45, 2.75) is 13.5 Å². The number of hydrogen-bond acceptors (Lipinski definition) is 4. The highest BCUT2D eigenvalue weighted by molar-refractivity contribution is 6.30. The number of halogens is 1. The number of carbonyl (C=O) groups excluding carboxylic acids is 2. The van der Waals surface area contributed by atoms with Crippen molar-refractivity contribution in [2.24, 2.45) is 0 Å². The normalized spacial score (nSPS) is 13.1. The molecule has 0 aromatic heterocycles. The lowest BCUT2D eigenvalue weighted by molar-refractivity contribution is 0.0950. The van der Waals surface area contributed by atoms with E-state index >= 15 is 0 Å². The number of benzene rings is 4. The quantitative estimate of drug-likeness (QED) is 0.288. The van der Waals surface area contributed by atoms with Crippen molar-refractivity contribution in [1.82, 2.24) is 5.32 Å². The van der Waals surface area contributed by atoms with E-state index in [1.807, 2.05) is 85.8 Å². The summed E-state index contributed by atoms with van der Waals surface area (Å²) in [6, 6.07) is 28.4. The molecule has 0 radical (unpaired) electrons. The van der Waals surface area contributed by atoms with Crippen molar-refractivity contribution in [2.75, 3.05) is 36.5 Å². The van der Waals surface area contributed by atoms with Gasteiger partial charge in [0.05, 0.1) is 13.2 Å². The van der Waals surface area contributed by atoms with E-state index in [0.29, 0.717) is 22.7 Å². The van der Waals surface area contributed by atoms with Crippen molar-refractivity contribution >= 4 is 34.8 Å². The fraction of sp³-hybridized carbons (Fsp3) is 0.188. The number of carbonyl (C=O) groups is 2. The number of anilines is 2. The van der Waals surface area contributed by atoms with Crippen LogP contribution in [0.5, 0.6) is 0 Å². The minimum absolute atomic E-state index is 0.162. The molecule has 7 heteroatoms. The summed E-state index contributed by atoms with van der Waals surface area (Å²) in [6.45, 7) is 5.56. The molecule has 1 aliphatic heterocycles. The average molecular weight is 540 g/mol. The molecule has 0 unspecified atom stereocenters. The first-order valence-electron chi connectivity index (χ1n) is 12.9. The Morgan fingerprint density at radius 1 is 0.846 bits per heavy atom. The summed E-state index contributed by atoms with van der Waals surface area (Å²) < 4.78 is 5.42. The molecule has 198 valence electrons. The summed E-state index contributed by atoms with van der Waals surface area (Å²) in [6.07, 6.45) is 0. The van der Waals surface area contributed by atoms with E-state index in [1.165, 1.54) is 0 Å². The second-order valence-electron chi connectivity index (χ2n) is 9.52. The number of nitrogens with zero attached hydrogens (tertiary/aromatic N) is 1. The zero-order valence-corrected chi connectivity index (χ0v) is 22.5. The van der Waals surface area contributed by atoms with Crippen molar-refractivity contribution in [1.29, 1.82) is 0 Å². The Balaban J connectivity index is 1.24. The van der Waals surface area contributed by atoms with Gasteiger partial charge < -0.3 is 20.3 Å². The van der Waals surface area contributed by atoms with Crippen LogP contribution in [0.2, 0.25) is 5.02 Å². The minimum atomic E-state index is -0.169. The summed E-state index contributed by atoms with van der Waals surface area (Å²) in [5.41, 5.74) is 6.76. The largest absolute Gasteiger partial charge is 0.378 e. The molecule has 0 saturated carbocycles. The summed E-state index contributed by atoms with van der Waals surface area (Å²) in [4.78, 5) is 28.0. The Morgan fingerprint density at radius 2 is 1.59 bits per heavy atom. The van der Waals surface area contributed by atoms with Crippen LogP contribution in [0.1, 0.15) is 31.8 Å². The lowest BCUT2D eigenvalue weighted by Crippen LogP contribution is -2.36. The predicted molar refractivity (Wildman–Crippen MR) is 157 cm³/mol. The average Bonchev–Trinajstić information content (AvgIpc) is 2.97. The van der Waals surface area contributed by atoms with Gasteiger partial charge in [0.15, 0.2) is 0 Å². The van der Waals surface area contributed by atoms with Crippen molar-refractivity contribution in [3.05, 3.63) is 118 Å². The lowest BCUT2D eigenvalue weighted by atomic mass is 9.96. The van der Waals surface area contributed by atoms with Gasteiger partial charge in [0.25, 0.3) is 11.8 Å². The van der Waals surface area contributed by atoms with Gasteiger partial charge in [-0.05, 0) is 89.8 Å². The number of ether oxygens (including phenoxy) is 1. The zero-order valence-electron chi connectivity index (χ0n) is 21.7. The Hall–Kier alpha value is -4.13. The molecular formula is C32H30ClN3O3. The van der Waals surface area contributed by atoms with Crippen LogP contribution in [0.3, 0.4) is 0 Å². The van der Waals surface area contributed by atoms with Crippen LogP contribution in [0.25, 0.3) is 11.1 Å². The molecule has 0 spiro atoms. The zero-order chi connectivity index (χ0) is 27.2. The molecule has 2 amide bonds. The maximum atomic E-state index is 13.0. The summed E-state index contributed by atoms with van der Waals surface area (Å²) >= 11 is 6.04. The molecule has 1 aliphatic rings. The molecule has 5 rings (SSSR count). The van der Waals surface area contributed by atoms with Gasteiger partial charge in [-0.2, -0.15) is 0 Å². The van der Waals surface area contributed by atoms with E-state index in [9.17, 15) is 9.59 Å². The highest BCUT2D eigenvalue weighted by Crippen LogP contribution is 2.26. The van der Waals surface area contributed by atoms with Gasteiger partial charge in [-0.15, -0.1) is 0 Å². The number of amides is 2. The first-order chi connectivity index (χ1) is 19.0. The van der Waals surface area contributed by atoms with Gasteiger partial charge in [-0.25, -0.2) is 0 Å². The third-order valence-electron chi connectivity index (χ3n) is 6.77. The van der Waals surface area contributed by atoms with Crippen molar-refractivity contribution < 1.29 is 14.3 Å². The molecule has 39 heavy (non-hydrogen) atoms. The van der Waals surface area contributed by atoms with Crippen LogP contribution in [0.4, 0.5) is 11.4 Å². The number of morpholine rings is 1. The number of rotatable bonds is 7. The van der Waals surface area contributed by atoms with Crippen LogP contribution < -0.4 is 15.5 Å². The highest BCUT2D eigenvalue weighted by Gasteiger charge is 2.14. The van der Waals surface area contributed by atoms with E-state index in [2.05, 4.69) is 15.5 Å². The molecule has 4 aromatic carbocycles. The topological polar surface area (TPSA) is 70.7 Å². The third kappa shape index (κ3) is 6.66. The van der Waals surface area contributed by atoms with E-state index in [-0.39, 0.29) is 11.8 Å². The molecule has 2 N–H and O–H groups in total. The maximum absolute atomic E-state index is 13.0. The molecule has 4 aromatic rings. The second-order valence-corrected chi connectivity index (χ2v) is 9.96. The van der Waals surface area contributed by atoms with E-state index in [4.69, 9.17) is 16.3 Å². The number of nitrogens with one attached hydrogen (secondary N) is 2. The van der Waals surface area contributed by atoms with E-state index < -0.39 is 0 Å². The van der Waals surface area contributed by atoms with Crippen LogP contribution in [0.15, 0.2) is 91.0 Å². The summed E-state index contributed by atoms with van der Waals surface area (Å²) in [5.74, 6) is -0.331. The van der Waals surface area contributed by atoms with Gasteiger partial charge in [0.2, 0.25) is 0 Å². The van der Waals surface area contributed by atoms with Crippen molar-refractivity contribution in [3.63, 3.8) is 0 Å². The van der Waals surface area contributed by atoms with Gasteiger partial charge >= 0.3 is 0 Å². The first-order valence-corrected chi connectivity index (χ1v) is 13.3. The number of aryl methyl sites for hydroxylation is 1. The Kier molecular flexibility index (Phi) is 8.25. The third-order valence-corrected chi connectivity index (χ3v) is 7.00. The number of hydrogen-bond donors (Lipinski definition) is 2. The Morgan fingerprint density at radius 3 is 2.33 bits per heavy atom. The molecule has 0 bridgehead atoms. The van der Waals surface area contributed by atoms with E-state index in [1.54, 1.807) is 12.1 Å². The molecule has 0 atom stereocenters. The minimum Gasteiger partial charge on any atom is -0.378 e. The molecule has 0 aliphatic carbocycles. The molecule has 1 heterocycles. The smallest absolute Gasteiger partial charge is 0.255 e. The van der Waals surface area contributed by atoms with Crippen LogP contribution in [0, 0.1) is 6.92 Å². The monoisotopic (exact) mass is 539 g/mol. The Labute approximate surface area is 233 Å². The van der Waals surface area contributed by atoms with Gasteiger partial charge in [0, 0.05) is 47.2 Å². The molecule has 1 fully saturated rings. The Bertz CT molecular complexity index is 1480. The van der Waals surface area contributed by atoms with Crippen LogP contribution >= 0.6 is 11.6 Å². The summed E-state index contributed by atoms with van der Waals surface area (Å²) in [5, 5.41) is 6.57. The predicted octanol–water partition coefficient (Wildman–Crippen LogP) is 6.33. The first kappa shape index (κ1) is 26.5. The van der Waals surface area contributed by atoms with Crippen LogP contribution in [-0.4, -0.2) is 38.1 Å².